The number of hydrogen-bond acceptors (Lipinski definition) is 26. The van der Waals surface area contributed by atoms with Gasteiger partial charge in [0.25, 0.3) is 0 Å². The number of anilines is 1. The lowest BCUT2D eigenvalue weighted by atomic mass is 10.1. The van der Waals surface area contributed by atoms with Gasteiger partial charge in [-0.15, -0.1) is 0 Å². The number of ketones is 1. The molecule has 18 N–H and O–H groups in total. The van der Waals surface area contributed by atoms with E-state index in [-0.39, 0.29) is 66.3 Å². The summed E-state index contributed by atoms with van der Waals surface area (Å²) in [6.45, 7) is 2.17. The van der Waals surface area contributed by atoms with E-state index in [1.54, 1.807) is 0 Å². The zero-order valence-corrected chi connectivity index (χ0v) is 51.0. The number of phosphoric ester groups is 1. The smallest absolute Gasteiger partial charge is 0.481 e. The van der Waals surface area contributed by atoms with E-state index in [1.807, 2.05) is 10.6 Å². The maximum atomic E-state index is 12.5. The van der Waals surface area contributed by atoms with E-state index < -0.39 is 152 Å². The van der Waals surface area contributed by atoms with Crippen molar-refractivity contribution in [2.75, 3.05) is 44.0 Å². The summed E-state index contributed by atoms with van der Waals surface area (Å²) in [4.78, 5) is 190. The van der Waals surface area contributed by atoms with Crippen molar-refractivity contribution in [1.82, 2.24) is 46.8 Å². The first-order chi connectivity index (χ1) is 40.9. The summed E-state index contributed by atoms with van der Waals surface area (Å²) in [5, 5.41) is 62.1. The van der Waals surface area contributed by atoms with Crippen molar-refractivity contribution in [3.05, 3.63) is 22.2 Å². The highest BCUT2D eigenvalue weighted by Gasteiger charge is 2.43. The molecule has 0 spiro atoms. The van der Waals surface area contributed by atoms with Gasteiger partial charge in [0.2, 0.25) is 35.4 Å². The van der Waals surface area contributed by atoms with Crippen LogP contribution in [0.15, 0.2) is 11.0 Å². The van der Waals surface area contributed by atoms with Crippen molar-refractivity contribution in [2.45, 2.75) is 127 Å². The van der Waals surface area contributed by atoms with Gasteiger partial charge in [0, 0.05) is 50.4 Å². The van der Waals surface area contributed by atoms with Crippen LogP contribution in [0.25, 0.3) is 0 Å². The molecule has 6 amide bonds. The Kier molecular flexibility index (Phi) is 35.4. The van der Waals surface area contributed by atoms with Gasteiger partial charge in [-0.1, -0.05) is 39.8 Å². The zero-order valence-electron chi connectivity index (χ0n) is 46.7. The number of carboxylic acids is 4. The number of ether oxygens (including phenoxy) is 1. The Morgan fingerprint density at radius 1 is 0.773 bits per heavy atom. The molecule has 39 nitrogen and oxygen atoms in total. The first-order valence-electron chi connectivity index (χ1n) is 25.3. The number of likely N-dealkylation sites (N-methyl/N-ethyl adjacent to an activating group) is 1. The third kappa shape index (κ3) is 34.1. The highest BCUT2D eigenvalue weighted by atomic mass is 33.1. The van der Waals surface area contributed by atoms with Gasteiger partial charge in [-0.2, -0.15) is 13.6 Å². The fourth-order valence-corrected chi connectivity index (χ4v) is 12.0. The minimum Gasteiger partial charge on any atom is -0.481 e. The van der Waals surface area contributed by atoms with Crippen LogP contribution < -0.4 is 48.6 Å². The molecule has 0 saturated carbocycles. The van der Waals surface area contributed by atoms with Gasteiger partial charge in [-0.05, 0) is 26.8 Å². The molecule has 2 heterocycles. The Labute approximate surface area is 506 Å². The number of carbonyl (C=O) groups is 12. The lowest BCUT2D eigenvalue weighted by Gasteiger charge is -2.19. The summed E-state index contributed by atoms with van der Waals surface area (Å²) < 4.78 is 52.4. The number of carboxylic acid groups (broad SMARTS) is 4. The summed E-state index contributed by atoms with van der Waals surface area (Å²) in [6.07, 6.45) is -3.39. The summed E-state index contributed by atoms with van der Waals surface area (Å²) in [5.41, 5.74) is 4.94. The standard InChI is InChI=1S/C27H43N6O17P3S2.C17H24N4O12/c1-17(34)7-4-3-5-10-30-26(38)20(31-18(2)35)16-55-54-12-9-23(37)29-11-6-8-19-14-33(27(39)32-25(19)28)24-13-21(36)22(48-24)15-47-52(43,44)50-53(45,46)49-51(40,41)42;1-18-8(15(28)29)3-12(24)19-7(6-22)2-11(23)20-9(16(30)31)4-13(25)21-10(17(32)33)5-14(26)27/h14,20-22,24,36H,3-5,7,9-13,15-16H2,1-2H3,(H,29,37)(H,30,38)(H,31,35)(H,43,44)(H,45,46)(H2,28,32,39)(H2,40,41,42);6-10,18H,2-5H2,1H3,(H,19,24)(H,20,23)(H,21,25)(H,26,27)(H,28,29)(H,30,31)(H,32,33). The maximum absolute atomic E-state index is 12.5. The van der Waals surface area contributed by atoms with Gasteiger partial charge in [0.05, 0.1) is 56.5 Å². The Morgan fingerprint density at radius 3 is 1.92 bits per heavy atom. The highest BCUT2D eigenvalue weighted by Crippen LogP contribution is 2.66. The molecule has 0 bridgehead atoms. The van der Waals surface area contributed by atoms with Gasteiger partial charge in [-0.3, -0.25) is 47.4 Å². The molecule has 1 aromatic heterocycles. The van der Waals surface area contributed by atoms with E-state index in [4.69, 9.17) is 40.7 Å². The third-order valence-corrected chi connectivity index (χ3v) is 17.0. The van der Waals surface area contributed by atoms with Crippen LogP contribution in [0.3, 0.4) is 0 Å². The fraction of sp³-hybridized carbons (Fsp3) is 0.591. The second-order valence-corrected chi connectivity index (χ2v) is 25.2. The van der Waals surface area contributed by atoms with Crippen molar-refractivity contribution >= 4 is 122 Å². The van der Waals surface area contributed by atoms with Crippen LogP contribution in [0.1, 0.15) is 89.8 Å². The Balaban J connectivity index is 0.00000100. The van der Waals surface area contributed by atoms with Gasteiger partial charge in [-0.25, -0.2) is 28.1 Å². The molecule has 494 valence electrons. The van der Waals surface area contributed by atoms with Crippen LogP contribution in [0.4, 0.5) is 5.82 Å². The Morgan fingerprint density at radius 2 is 1.36 bits per heavy atom. The maximum Gasteiger partial charge on any atom is 0.490 e. The lowest BCUT2D eigenvalue weighted by molar-refractivity contribution is -0.148. The molecule has 1 aromatic rings. The second-order valence-electron chi connectivity index (χ2n) is 18.2. The summed E-state index contributed by atoms with van der Waals surface area (Å²) in [5.74, 6) is -4.56. The van der Waals surface area contributed by atoms with Gasteiger partial charge in [0.1, 0.15) is 54.4 Å². The number of aliphatic hydroxyl groups is 1. The number of aliphatic carboxylic acids is 4. The quantitative estimate of drug-likeness (QED) is 0.00981. The first-order valence-corrected chi connectivity index (χ1v) is 32.3. The molecule has 10 atom stereocenters. The van der Waals surface area contributed by atoms with Crippen molar-refractivity contribution in [3.8, 4) is 11.8 Å². The molecule has 0 radical (unpaired) electrons. The van der Waals surface area contributed by atoms with Crippen molar-refractivity contribution in [3.63, 3.8) is 0 Å². The fourth-order valence-electron chi connectivity index (χ4n) is 6.77. The average Bonchev–Trinajstić information content (AvgIpc) is 3.87. The number of Topliss-reactive ketones (excluding diaryl/α,β-unsaturated/α-hetero) is 1. The van der Waals surface area contributed by atoms with E-state index in [1.165, 1.54) is 48.7 Å². The van der Waals surface area contributed by atoms with Crippen LogP contribution >= 0.6 is 45.1 Å². The molecule has 88 heavy (non-hydrogen) atoms. The molecule has 0 aliphatic carbocycles. The molecular formula is C44H67N10O29P3S2. The van der Waals surface area contributed by atoms with E-state index >= 15 is 0 Å². The second kappa shape index (κ2) is 39.3. The number of nitrogens with two attached hydrogens (primary N) is 1. The number of hydrogen-bond donors (Lipinski definition) is 17. The SMILES string of the molecule is CC(=O)CCCCCNC(=O)C(CSSCCC(=O)NCC#Cc1cn(C2CC(O)C(COP(=O)(O)OP(=O)(O)OP(=O)(O)O)O2)c(=O)nc1N)NC(C)=O.CNC(CC(=O)NC(C=O)CC(=O)NC(CC(=O)NC(CC(=O)O)C(=O)O)C(=O)O)C(=O)O. The van der Waals surface area contributed by atoms with Crippen LogP contribution in [-0.2, 0) is 89.1 Å². The number of unbranched alkanes of at least 4 members (excludes halogenated alkanes) is 2. The largest absolute Gasteiger partial charge is 0.490 e. The van der Waals surface area contributed by atoms with Gasteiger partial charge >= 0.3 is 53.0 Å². The molecule has 1 saturated heterocycles. The number of amides is 6. The Hall–Kier alpha value is -6.73. The predicted octanol–water partition coefficient (Wildman–Crippen LogP) is -4.05. The number of nitrogens with one attached hydrogen (secondary N) is 7. The number of carbonyl (C=O) groups excluding carboxylic acids is 8. The van der Waals surface area contributed by atoms with Crippen molar-refractivity contribution in [2.24, 2.45) is 0 Å². The molecule has 44 heteroatoms. The van der Waals surface area contributed by atoms with E-state index in [0.717, 1.165) is 17.4 Å². The Bertz CT molecular complexity index is 2940. The van der Waals surface area contributed by atoms with E-state index in [9.17, 15) is 90.9 Å². The molecule has 1 aliphatic rings. The first kappa shape index (κ1) is 79.3. The minimum absolute atomic E-state index is 0.0429. The van der Waals surface area contributed by atoms with Crippen LogP contribution in [-0.4, -0.2) is 207 Å². The highest BCUT2D eigenvalue weighted by molar-refractivity contribution is 8.76. The molecule has 1 fully saturated rings. The third-order valence-electron chi connectivity index (χ3n) is 10.8. The van der Waals surface area contributed by atoms with Gasteiger partial charge < -0.3 is 102 Å². The lowest BCUT2D eigenvalue weighted by Crippen LogP contribution is -2.49. The van der Waals surface area contributed by atoms with Crippen molar-refractivity contribution in [1.29, 1.82) is 0 Å². The zero-order chi connectivity index (χ0) is 67.1. The number of nitrogens with zero attached hydrogens (tertiary/aromatic N) is 2. The molecule has 10 unspecified atom stereocenters. The monoisotopic (exact) mass is 1360 g/mol. The van der Waals surface area contributed by atoms with Crippen LogP contribution in [0.2, 0.25) is 0 Å². The number of aldehydes is 1. The predicted molar refractivity (Wildman–Crippen MR) is 300 cm³/mol. The molecule has 1 aliphatic heterocycles. The van der Waals surface area contributed by atoms with E-state index in [2.05, 4.69) is 56.6 Å². The summed E-state index contributed by atoms with van der Waals surface area (Å²) >= 11 is 0. The molecule has 2 rings (SSSR count). The van der Waals surface area contributed by atoms with Crippen LogP contribution in [0, 0.1) is 11.8 Å². The number of phosphoric acid groups is 3. The number of aliphatic hydroxyl groups excluding tert-OH is 1. The number of aromatic nitrogens is 2. The number of nitrogen functional groups attached to an aromatic ring is 1. The molecule has 0 aromatic carbocycles. The normalized spacial score (nSPS) is 17.5. The minimum atomic E-state index is -5.77. The van der Waals surface area contributed by atoms with Crippen molar-refractivity contribution < 1.29 is 134 Å². The molecular weight excluding hydrogens is 1290 g/mol. The van der Waals surface area contributed by atoms with Gasteiger partial charge in [0.15, 0.2) is 0 Å². The van der Waals surface area contributed by atoms with E-state index in [0.29, 0.717) is 25.1 Å². The van der Waals surface area contributed by atoms with Crippen LogP contribution in [0.5, 0.6) is 0 Å². The summed E-state index contributed by atoms with van der Waals surface area (Å²) in [7, 11) is -12.9. The number of rotatable bonds is 39. The summed E-state index contributed by atoms with van der Waals surface area (Å²) in [6, 6.07) is -7.14. The average molecular weight is 1360 g/mol. The topological polar surface area (TPSA) is 620 Å².